The summed E-state index contributed by atoms with van der Waals surface area (Å²) in [6.45, 7) is 0.863. The van der Waals surface area contributed by atoms with Gasteiger partial charge in [-0.3, -0.25) is 0 Å². The van der Waals surface area contributed by atoms with Gasteiger partial charge in [0.25, 0.3) is 11.1 Å². The number of benzene rings is 2. The number of anilines is 1. The van der Waals surface area contributed by atoms with E-state index in [0.717, 1.165) is 17.8 Å². The van der Waals surface area contributed by atoms with Crippen LogP contribution in [0.5, 0.6) is 0 Å². The maximum Gasteiger partial charge on any atom is 0.276 e. The molecule has 146 valence electrons. The van der Waals surface area contributed by atoms with Crippen LogP contribution in [-0.2, 0) is 4.74 Å². The van der Waals surface area contributed by atoms with Crippen LogP contribution in [0.2, 0.25) is 0 Å². The molecule has 0 aliphatic carbocycles. The molecule has 2 atom stereocenters. The molecule has 6 nitrogen and oxygen atoms in total. The lowest BCUT2D eigenvalue weighted by molar-refractivity contribution is -0.697. The summed E-state index contributed by atoms with van der Waals surface area (Å²) >= 11 is 1.43. The van der Waals surface area contributed by atoms with Gasteiger partial charge in [-0.15, -0.1) is 10.2 Å². The van der Waals surface area contributed by atoms with E-state index in [9.17, 15) is 4.39 Å². The molecule has 1 aliphatic heterocycles. The smallest absolute Gasteiger partial charge is 0.276 e. The first-order valence-electron chi connectivity index (χ1n) is 9.07. The van der Waals surface area contributed by atoms with E-state index in [1.807, 2.05) is 14.1 Å². The molecule has 1 aliphatic rings. The molecule has 28 heavy (non-hydrogen) atoms. The number of ether oxygens (including phenoxy) is 1. The lowest BCUT2D eigenvalue weighted by Gasteiger charge is -2.14. The SMILES string of the molecule is CN(C)c1ccc([C@H]2[NH2+]C[C@H](CSc3nnc(-c4ccccc4F)o3)O2)cc1. The van der Waals surface area contributed by atoms with Crippen molar-refractivity contribution in [1.82, 2.24) is 10.2 Å². The fraction of sp³-hybridized carbons (Fsp3) is 0.300. The first-order valence-corrected chi connectivity index (χ1v) is 10.1. The Morgan fingerprint density at radius 3 is 2.68 bits per heavy atom. The summed E-state index contributed by atoms with van der Waals surface area (Å²) in [6, 6.07) is 14.8. The fourth-order valence-electron chi connectivity index (χ4n) is 3.05. The topological polar surface area (TPSA) is 68.0 Å². The molecule has 0 amide bonds. The highest BCUT2D eigenvalue weighted by atomic mass is 32.2. The second kappa shape index (κ2) is 8.30. The zero-order valence-corrected chi connectivity index (χ0v) is 16.5. The molecule has 1 saturated heterocycles. The van der Waals surface area contributed by atoms with E-state index in [2.05, 4.69) is 44.7 Å². The Kier molecular flexibility index (Phi) is 5.61. The molecule has 2 N–H and O–H groups in total. The van der Waals surface area contributed by atoms with Gasteiger partial charge in [0.2, 0.25) is 6.23 Å². The Morgan fingerprint density at radius 1 is 1.14 bits per heavy atom. The average molecular weight is 401 g/mol. The quantitative estimate of drug-likeness (QED) is 0.641. The molecular formula is C20H22FN4O2S+. The van der Waals surface area contributed by atoms with Crippen molar-refractivity contribution in [2.75, 3.05) is 31.3 Å². The van der Waals surface area contributed by atoms with Crippen molar-refractivity contribution in [2.24, 2.45) is 0 Å². The highest BCUT2D eigenvalue weighted by Gasteiger charge is 2.30. The summed E-state index contributed by atoms with van der Waals surface area (Å²) < 4.78 is 25.6. The molecule has 8 heteroatoms. The van der Waals surface area contributed by atoms with Gasteiger partial charge in [-0.05, 0) is 36.4 Å². The van der Waals surface area contributed by atoms with Crippen molar-refractivity contribution in [1.29, 1.82) is 0 Å². The van der Waals surface area contributed by atoms with Crippen LogP contribution in [0.1, 0.15) is 11.8 Å². The molecule has 2 heterocycles. The predicted octanol–water partition coefficient (Wildman–Crippen LogP) is 2.69. The third kappa shape index (κ3) is 4.19. The van der Waals surface area contributed by atoms with Crippen LogP contribution in [0.25, 0.3) is 11.5 Å². The van der Waals surface area contributed by atoms with E-state index >= 15 is 0 Å². The van der Waals surface area contributed by atoms with Crippen molar-refractivity contribution in [3.63, 3.8) is 0 Å². The lowest BCUT2D eigenvalue weighted by Crippen LogP contribution is -2.82. The maximum atomic E-state index is 13.8. The minimum Gasteiger partial charge on any atom is -0.411 e. The summed E-state index contributed by atoms with van der Waals surface area (Å²) in [5.74, 6) is 0.514. The van der Waals surface area contributed by atoms with Crippen molar-refractivity contribution in [3.05, 3.63) is 59.9 Å². The predicted molar refractivity (Wildman–Crippen MR) is 106 cm³/mol. The third-order valence-corrected chi connectivity index (χ3v) is 5.54. The van der Waals surface area contributed by atoms with E-state index in [1.54, 1.807) is 18.2 Å². The first kappa shape index (κ1) is 18.9. The van der Waals surface area contributed by atoms with Crippen LogP contribution < -0.4 is 10.2 Å². The molecule has 1 aromatic heterocycles. The second-order valence-electron chi connectivity index (χ2n) is 6.80. The molecule has 0 radical (unpaired) electrons. The van der Waals surface area contributed by atoms with Gasteiger partial charge in [0.05, 0.1) is 5.56 Å². The molecule has 0 bridgehead atoms. The molecule has 2 aromatic carbocycles. The van der Waals surface area contributed by atoms with Crippen LogP contribution in [0.3, 0.4) is 0 Å². The van der Waals surface area contributed by atoms with Gasteiger partial charge >= 0.3 is 0 Å². The third-order valence-electron chi connectivity index (χ3n) is 4.59. The van der Waals surface area contributed by atoms with Crippen LogP contribution in [0.15, 0.2) is 58.2 Å². The number of rotatable bonds is 6. The summed E-state index contributed by atoms with van der Waals surface area (Å²) in [5.41, 5.74) is 2.63. The Hall–Kier alpha value is -2.42. The van der Waals surface area contributed by atoms with Crippen LogP contribution in [-0.4, -0.2) is 42.7 Å². The van der Waals surface area contributed by atoms with E-state index in [-0.39, 0.29) is 24.0 Å². The number of halogens is 1. The largest absolute Gasteiger partial charge is 0.411 e. The Balaban J connectivity index is 1.32. The molecule has 0 spiro atoms. The minimum absolute atomic E-state index is 0.00141. The van der Waals surface area contributed by atoms with Gasteiger partial charge in [-0.1, -0.05) is 23.9 Å². The van der Waals surface area contributed by atoms with E-state index < -0.39 is 0 Å². The number of nitrogens with two attached hydrogens (primary N) is 1. The summed E-state index contributed by atoms with van der Waals surface area (Å²) in [4.78, 5) is 2.07. The van der Waals surface area contributed by atoms with E-state index in [4.69, 9.17) is 9.15 Å². The zero-order valence-electron chi connectivity index (χ0n) is 15.7. The van der Waals surface area contributed by atoms with E-state index in [1.165, 1.54) is 17.8 Å². The number of aromatic nitrogens is 2. The monoisotopic (exact) mass is 401 g/mol. The number of thioether (sulfide) groups is 1. The molecule has 4 rings (SSSR count). The normalized spacial score (nSPS) is 19.1. The number of nitrogens with zero attached hydrogens (tertiary/aromatic N) is 3. The van der Waals surface area contributed by atoms with Crippen molar-refractivity contribution in [3.8, 4) is 11.5 Å². The van der Waals surface area contributed by atoms with E-state index in [0.29, 0.717) is 16.5 Å². The summed E-state index contributed by atoms with van der Waals surface area (Å²) in [5, 5.41) is 10.6. The minimum atomic E-state index is -0.375. The molecule has 3 aromatic rings. The van der Waals surface area contributed by atoms with Crippen LogP contribution >= 0.6 is 11.8 Å². The van der Waals surface area contributed by atoms with Crippen molar-refractivity contribution < 1.29 is 18.9 Å². The summed E-state index contributed by atoms with van der Waals surface area (Å²) in [6.07, 6.45) is 0.0748. The molecule has 1 fully saturated rings. The standard InChI is InChI=1S/C20H21FN4O2S/c1-25(2)14-9-7-13(8-10-14)18-22-11-15(26-18)12-28-20-24-23-19(27-20)16-5-3-4-6-17(16)21/h3-10,15,18,22H,11-12H2,1-2H3/p+1/t15-,18+/m1/s1. The van der Waals surface area contributed by atoms with Gasteiger partial charge < -0.3 is 19.4 Å². The molecular weight excluding hydrogens is 379 g/mol. The van der Waals surface area contributed by atoms with Crippen LogP contribution in [0.4, 0.5) is 10.1 Å². The fourth-order valence-corrected chi connectivity index (χ4v) is 3.83. The highest BCUT2D eigenvalue weighted by Crippen LogP contribution is 2.27. The Morgan fingerprint density at radius 2 is 1.93 bits per heavy atom. The Bertz CT molecular complexity index is 932. The molecule has 0 unspecified atom stereocenters. The summed E-state index contributed by atoms with van der Waals surface area (Å²) in [7, 11) is 4.05. The van der Waals surface area contributed by atoms with Gasteiger partial charge in [-0.2, -0.15) is 0 Å². The Labute approximate surface area is 167 Å². The van der Waals surface area contributed by atoms with Gasteiger partial charge in [0.1, 0.15) is 18.5 Å². The van der Waals surface area contributed by atoms with Crippen molar-refractivity contribution >= 4 is 17.4 Å². The van der Waals surface area contributed by atoms with Crippen molar-refractivity contribution in [2.45, 2.75) is 17.6 Å². The number of hydrogen-bond acceptors (Lipinski definition) is 6. The first-order chi connectivity index (χ1) is 13.6. The van der Waals surface area contributed by atoms with Gasteiger partial charge in [0.15, 0.2) is 0 Å². The second-order valence-corrected chi connectivity index (χ2v) is 7.77. The maximum absolute atomic E-state index is 13.8. The average Bonchev–Trinajstić information content (AvgIpc) is 3.36. The highest BCUT2D eigenvalue weighted by molar-refractivity contribution is 7.99. The zero-order chi connectivity index (χ0) is 19.5. The number of quaternary nitrogens is 1. The van der Waals surface area contributed by atoms with Crippen LogP contribution in [0, 0.1) is 5.82 Å². The molecule has 0 saturated carbocycles. The van der Waals surface area contributed by atoms with Gasteiger partial charge in [0, 0.05) is 31.1 Å². The van der Waals surface area contributed by atoms with Gasteiger partial charge in [-0.25, -0.2) is 4.39 Å². The lowest BCUT2D eigenvalue weighted by atomic mass is 10.2. The number of hydrogen-bond donors (Lipinski definition) is 1.